The molecular weight excluding hydrogens is 278 g/mol. The van der Waals surface area contributed by atoms with E-state index in [0.717, 1.165) is 30.7 Å². The van der Waals surface area contributed by atoms with E-state index in [1.165, 1.54) is 6.42 Å². The van der Waals surface area contributed by atoms with E-state index in [0.29, 0.717) is 24.3 Å². The Labute approximate surface area is 134 Å². The van der Waals surface area contributed by atoms with Crippen molar-refractivity contribution in [1.29, 1.82) is 0 Å². The molecule has 2 N–H and O–H groups in total. The summed E-state index contributed by atoms with van der Waals surface area (Å²) in [6.45, 7) is 11.5. The van der Waals surface area contributed by atoms with Gasteiger partial charge in [0.15, 0.2) is 11.8 Å². The van der Waals surface area contributed by atoms with Gasteiger partial charge in [-0.05, 0) is 25.7 Å². The zero-order valence-electron chi connectivity index (χ0n) is 14.8. The minimum Gasteiger partial charge on any atom is -0.356 e. The van der Waals surface area contributed by atoms with Crippen LogP contribution < -0.4 is 10.6 Å². The molecule has 1 heterocycles. The van der Waals surface area contributed by atoms with Crippen LogP contribution >= 0.6 is 0 Å². The number of hydrogen-bond acceptors (Lipinski definition) is 4. The van der Waals surface area contributed by atoms with Crippen molar-refractivity contribution in [1.82, 2.24) is 20.8 Å². The van der Waals surface area contributed by atoms with Crippen LogP contribution in [-0.2, 0) is 6.42 Å². The molecule has 22 heavy (non-hydrogen) atoms. The first-order valence-corrected chi connectivity index (χ1v) is 8.22. The third-order valence-corrected chi connectivity index (χ3v) is 3.42. The van der Waals surface area contributed by atoms with Crippen molar-refractivity contribution >= 4 is 5.96 Å². The Morgan fingerprint density at radius 3 is 2.45 bits per heavy atom. The van der Waals surface area contributed by atoms with Crippen LogP contribution in [0.5, 0.6) is 0 Å². The Kier molecular flexibility index (Phi) is 7.91. The molecule has 0 radical (unpaired) electrons. The Morgan fingerprint density at radius 1 is 1.18 bits per heavy atom. The molecule has 0 saturated carbocycles. The molecule has 0 saturated heterocycles. The number of aromatic nitrogens is 2. The first kappa shape index (κ1) is 18.5. The predicted octanol–water partition coefficient (Wildman–Crippen LogP) is 2.73. The molecule has 1 aromatic rings. The smallest absolute Gasteiger partial charge is 0.228 e. The van der Waals surface area contributed by atoms with Gasteiger partial charge in [0.2, 0.25) is 5.89 Å². The lowest BCUT2D eigenvalue weighted by Gasteiger charge is -2.18. The molecule has 1 rings (SSSR count). The van der Waals surface area contributed by atoms with Gasteiger partial charge in [0.25, 0.3) is 0 Å². The van der Waals surface area contributed by atoms with Gasteiger partial charge in [0, 0.05) is 32.0 Å². The second kappa shape index (κ2) is 9.43. The van der Waals surface area contributed by atoms with Crippen molar-refractivity contribution in [2.75, 3.05) is 13.6 Å². The highest BCUT2D eigenvalue weighted by Crippen LogP contribution is 2.09. The summed E-state index contributed by atoms with van der Waals surface area (Å²) >= 11 is 0. The van der Waals surface area contributed by atoms with Crippen LogP contribution in [0.3, 0.4) is 0 Å². The van der Waals surface area contributed by atoms with Crippen LogP contribution in [0.2, 0.25) is 0 Å². The van der Waals surface area contributed by atoms with E-state index in [-0.39, 0.29) is 0 Å². The molecule has 126 valence electrons. The molecule has 0 aliphatic heterocycles. The second-order valence-electron chi connectivity index (χ2n) is 6.47. The van der Waals surface area contributed by atoms with Crippen molar-refractivity contribution < 1.29 is 4.52 Å². The summed E-state index contributed by atoms with van der Waals surface area (Å²) in [4.78, 5) is 8.61. The number of nitrogens with zero attached hydrogens (tertiary/aromatic N) is 3. The summed E-state index contributed by atoms with van der Waals surface area (Å²) in [5.41, 5.74) is 0. The van der Waals surface area contributed by atoms with Crippen LogP contribution in [0, 0.1) is 5.92 Å². The lowest BCUT2D eigenvalue weighted by molar-refractivity contribution is 0.371. The predicted molar refractivity (Wildman–Crippen MR) is 90.1 cm³/mol. The monoisotopic (exact) mass is 309 g/mol. The van der Waals surface area contributed by atoms with Crippen molar-refractivity contribution in [3.8, 4) is 0 Å². The van der Waals surface area contributed by atoms with Gasteiger partial charge in [0.05, 0.1) is 0 Å². The van der Waals surface area contributed by atoms with Gasteiger partial charge in [0.1, 0.15) is 0 Å². The molecule has 0 spiro atoms. The van der Waals surface area contributed by atoms with Gasteiger partial charge >= 0.3 is 0 Å². The standard InChI is InChI=1S/C16H31N5O/c1-11(2)7-8-13(5)19-16(17-6)18-10-9-14-20-15(12(3)4)21-22-14/h11-13H,7-10H2,1-6H3,(H2,17,18,19). The van der Waals surface area contributed by atoms with Crippen LogP contribution in [0.25, 0.3) is 0 Å². The molecule has 1 atom stereocenters. The topological polar surface area (TPSA) is 75.3 Å². The van der Waals surface area contributed by atoms with Crippen molar-refractivity contribution in [2.24, 2.45) is 10.9 Å². The minimum atomic E-state index is 0.293. The number of nitrogens with one attached hydrogen (secondary N) is 2. The van der Waals surface area contributed by atoms with Crippen molar-refractivity contribution in [3.05, 3.63) is 11.7 Å². The number of hydrogen-bond donors (Lipinski definition) is 2. The quantitative estimate of drug-likeness (QED) is 0.570. The molecule has 0 amide bonds. The molecule has 0 bridgehead atoms. The molecule has 0 aliphatic rings. The number of guanidine groups is 1. The third-order valence-electron chi connectivity index (χ3n) is 3.42. The number of aliphatic imine (C=N–C) groups is 1. The van der Waals surface area contributed by atoms with Crippen LogP contribution in [0.1, 0.15) is 65.1 Å². The van der Waals surface area contributed by atoms with Gasteiger partial charge in [-0.1, -0.05) is 32.9 Å². The fourth-order valence-corrected chi connectivity index (χ4v) is 1.98. The van der Waals surface area contributed by atoms with E-state index in [1.807, 2.05) is 0 Å². The van der Waals surface area contributed by atoms with E-state index >= 15 is 0 Å². The highest BCUT2D eigenvalue weighted by atomic mass is 16.5. The van der Waals surface area contributed by atoms with Crippen LogP contribution in [0.4, 0.5) is 0 Å². The first-order valence-electron chi connectivity index (χ1n) is 8.22. The zero-order chi connectivity index (χ0) is 16.5. The van der Waals surface area contributed by atoms with Crippen LogP contribution in [0.15, 0.2) is 9.52 Å². The average molecular weight is 309 g/mol. The number of rotatable bonds is 8. The SMILES string of the molecule is CN=C(NCCc1nc(C(C)C)no1)NC(C)CCC(C)C. The Hall–Kier alpha value is -1.59. The van der Waals surface area contributed by atoms with Gasteiger partial charge in [-0.3, -0.25) is 4.99 Å². The van der Waals surface area contributed by atoms with Gasteiger partial charge in [-0.15, -0.1) is 0 Å². The molecular formula is C16H31N5O. The summed E-state index contributed by atoms with van der Waals surface area (Å²) in [6.07, 6.45) is 3.05. The van der Waals surface area contributed by atoms with Crippen LogP contribution in [-0.4, -0.2) is 35.7 Å². The van der Waals surface area contributed by atoms with Gasteiger partial charge < -0.3 is 15.2 Å². The Morgan fingerprint density at radius 2 is 1.91 bits per heavy atom. The van der Waals surface area contributed by atoms with E-state index in [4.69, 9.17) is 4.52 Å². The van der Waals surface area contributed by atoms with E-state index in [2.05, 4.69) is 60.4 Å². The highest BCUT2D eigenvalue weighted by Gasteiger charge is 2.10. The normalized spacial score (nSPS) is 13.7. The zero-order valence-corrected chi connectivity index (χ0v) is 14.8. The van der Waals surface area contributed by atoms with Gasteiger partial charge in [-0.25, -0.2) is 0 Å². The van der Waals surface area contributed by atoms with Crippen molar-refractivity contribution in [3.63, 3.8) is 0 Å². The van der Waals surface area contributed by atoms with E-state index in [9.17, 15) is 0 Å². The summed E-state index contributed by atoms with van der Waals surface area (Å²) in [6, 6.07) is 0.407. The maximum atomic E-state index is 5.23. The molecule has 1 aromatic heterocycles. The van der Waals surface area contributed by atoms with Gasteiger partial charge in [-0.2, -0.15) is 4.98 Å². The highest BCUT2D eigenvalue weighted by molar-refractivity contribution is 5.79. The molecule has 6 heteroatoms. The lowest BCUT2D eigenvalue weighted by atomic mass is 10.0. The summed E-state index contributed by atoms with van der Waals surface area (Å²) in [5.74, 6) is 3.27. The van der Waals surface area contributed by atoms with Crippen molar-refractivity contribution in [2.45, 2.75) is 65.8 Å². The lowest BCUT2D eigenvalue weighted by Crippen LogP contribution is -2.43. The molecule has 6 nitrogen and oxygen atoms in total. The summed E-state index contributed by atoms with van der Waals surface area (Å²) in [7, 11) is 1.79. The fraction of sp³-hybridized carbons (Fsp3) is 0.812. The molecule has 0 fully saturated rings. The average Bonchev–Trinajstić information content (AvgIpc) is 2.93. The largest absolute Gasteiger partial charge is 0.356 e. The maximum Gasteiger partial charge on any atom is 0.228 e. The molecule has 0 aromatic carbocycles. The molecule has 0 aliphatic carbocycles. The van der Waals surface area contributed by atoms with E-state index in [1.54, 1.807) is 7.05 Å². The minimum absolute atomic E-state index is 0.293. The molecule has 1 unspecified atom stereocenters. The fourth-order valence-electron chi connectivity index (χ4n) is 1.98. The van der Waals surface area contributed by atoms with E-state index < -0.39 is 0 Å². The Bertz CT molecular complexity index is 453. The third kappa shape index (κ3) is 6.91. The first-order chi connectivity index (χ1) is 10.4. The second-order valence-corrected chi connectivity index (χ2v) is 6.47. The summed E-state index contributed by atoms with van der Waals surface area (Å²) in [5, 5.41) is 10.7. The maximum absolute atomic E-state index is 5.23. The Balaban J connectivity index is 2.31. The summed E-state index contributed by atoms with van der Waals surface area (Å²) < 4.78 is 5.23.